The van der Waals surface area contributed by atoms with Crippen LogP contribution in [0.5, 0.6) is 5.75 Å². The van der Waals surface area contributed by atoms with Crippen molar-refractivity contribution < 1.29 is 14.3 Å². The molecule has 0 unspecified atom stereocenters. The van der Waals surface area contributed by atoms with Gasteiger partial charge in [0.15, 0.2) is 5.76 Å². The van der Waals surface area contributed by atoms with Gasteiger partial charge in [-0.2, -0.15) is 4.98 Å². The van der Waals surface area contributed by atoms with Crippen LogP contribution in [0.25, 0.3) is 22.2 Å². The molecule has 0 aliphatic heterocycles. The lowest BCUT2D eigenvalue weighted by molar-refractivity contribution is 0.0916. The maximum absolute atomic E-state index is 12.6. The first-order valence-corrected chi connectivity index (χ1v) is 12.3. The summed E-state index contributed by atoms with van der Waals surface area (Å²) in [6.45, 7) is 0.607. The van der Waals surface area contributed by atoms with E-state index in [1.54, 1.807) is 30.3 Å². The van der Waals surface area contributed by atoms with Gasteiger partial charge in [-0.1, -0.05) is 24.3 Å². The Morgan fingerprint density at radius 2 is 1.75 bits per heavy atom. The maximum atomic E-state index is 12.6. The normalized spacial score (nSPS) is 17.6. The number of aromatic nitrogens is 2. The number of aromatic hydroxyl groups is 1. The number of furan rings is 1. The molecule has 0 bridgehead atoms. The molecule has 0 atom stereocenters. The predicted octanol–water partition coefficient (Wildman–Crippen LogP) is 5.06. The first kappa shape index (κ1) is 23.7. The van der Waals surface area contributed by atoms with E-state index in [0.717, 1.165) is 42.4 Å². The van der Waals surface area contributed by atoms with E-state index < -0.39 is 0 Å². The van der Waals surface area contributed by atoms with Crippen molar-refractivity contribution in [1.82, 2.24) is 15.3 Å². The average molecular weight is 486 g/mol. The minimum absolute atomic E-state index is 0.121. The van der Waals surface area contributed by atoms with Crippen molar-refractivity contribution >= 4 is 28.6 Å². The highest BCUT2D eigenvalue weighted by molar-refractivity contribution is 5.92. The third-order valence-corrected chi connectivity index (χ3v) is 6.74. The zero-order valence-corrected chi connectivity index (χ0v) is 20.6. The van der Waals surface area contributed by atoms with Crippen molar-refractivity contribution in [1.29, 1.82) is 0 Å². The molecule has 1 amide bonds. The van der Waals surface area contributed by atoms with E-state index in [4.69, 9.17) is 14.4 Å². The second-order valence-corrected chi connectivity index (χ2v) is 9.54. The number of anilines is 2. The van der Waals surface area contributed by atoms with Crippen LogP contribution < -0.4 is 15.5 Å². The maximum Gasteiger partial charge on any atom is 0.287 e. The smallest absolute Gasteiger partial charge is 0.287 e. The van der Waals surface area contributed by atoms with Gasteiger partial charge in [-0.15, -0.1) is 0 Å². The van der Waals surface area contributed by atoms with Gasteiger partial charge in [0.05, 0.1) is 11.1 Å². The third kappa shape index (κ3) is 5.12. The van der Waals surface area contributed by atoms with Gasteiger partial charge in [-0.25, -0.2) is 4.98 Å². The number of nitrogens with one attached hydrogen (secondary N) is 2. The van der Waals surface area contributed by atoms with Crippen LogP contribution in [0, 0.1) is 5.92 Å². The molecular formula is C28H31N5O3. The van der Waals surface area contributed by atoms with Gasteiger partial charge in [0.2, 0.25) is 5.95 Å². The van der Waals surface area contributed by atoms with Gasteiger partial charge < -0.3 is 25.1 Å². The number of para-hydroxylation sites is 2. The molecule has 4 aromatic rings. The van der Waals surface area contributed by atoms with Crippen LogP contribution in [0.15, 0.2) is 65.1 Å². The van der Waals surface area contributed by atoms with Crippen LogP contribution >= 0.6 is 0 Å². The van der Waals surface area contributed by atoms with E-state index in [-0.39, 0.29) is 17.4 Å². The number of nitrogens with zero attached hydrogens (tertiary/aromatic N) is 3. The predicted molar refractivity (Wildman–Crippen MR) is 141 cm³/mol. The van der Waals surface area contributed by atoms with E-state index >= 15 is 0 Å². The van der Waals surface area contributed by atoms with Gasteiger partial charge in [0.25, 0.3) is 5.91 Å². The summed E-state index contributed by atoms with van der Waals surface area (Å²) in [4.78, 5) is 24.1. The second kappa shape index (κ2) is 10.3. The molecule has 0 saturated heterocycles. The van der Waals surface area contributed by atoms with E-state index in [0.29, 0.717) is 35.8 Å². The van der Waals surface area contributed by atoms with Crippen LogP contribution in [0.2, 0.25) is 0 Å². The molecule has 186 valence electrons. The minimum atomic E-state index is -0.238. The van der Waals surface area contributed by atoms with E-state index in [9.17, 15) is 9.90 Å². The lowest BCUT2D eigenvalue weighted by atomic mass is 9.86. The number of hydrogen-bond donors (Lipinski definition) is 3. The van der Waals surface area contributed by atoms with Crippen LogP contribution in [-0.4, -0.2) is 47.7 Å². The van der Waals surface area contributed by atoms with Gasteiger partial charge in [-0.05, 0) is 68.0 Å². The number of carbonyl (C=O) groups excluding carboxylic acids is 1. The molecule has 8 nitrogen and oxygen atoms in total. The number of phenols is 1. The molecule has 8 heteroatoms. The van der Waals surface area contributed by atoms with Gasteiger partial charge in [0.1, 0.15) is 17.3 Å². The number of rotatable bonds is 7. The fourth-order valence-corrected chi connectivity index (χ4v) is 4.77. The molecule has 5 rings (SSSR count). The molecule has 36 heavy (non-hydrogen) atoms. The molecule has 2 aromatic carbocycles. The summed E-state index contributed by atoms with van der Waals surface area (Å²) in [6, 6.07) is 18.6. The van der Waals surface area contributed by atoms with Crippen molar-refractivity contribution in [2.45, 2.75) is 31.7 Å². The van der Waals surface area contributed by atoms with Crippen molar-refractivity contribution in [3.63, 3.8) is 0 Å². The summed E-state index contributed by atoms with van der Waals surface area (Å²) in [5.41, 5.74) is 1.49. The summed E-state index contributed by atoms with van der Waals surface area (Å²) in [6.07, 6.45) is 4.00. The number of carbonyl (C=O) groups is 1. The Balaban J connectivity index is 1.14. The number of hydrogen-bond acceptors (Lipinski definition) is 7. The summed E-state index contributed by atoms with van der Waals surface area (Å²) in [5.74, 6) is 2.57. The molecule has 1 fully saturated rings. The van der Waals surface area contributed by atoms with Crippen LogP contribution in [-0.2, 0) is 0 Å². The highest BCUT2D eigenvalue weighted by atomic mass is 16.4. The van der Waals surface area contributed by atoms with Crippen LogP contribution in [0.3, 0.4) is 0 Å². The average Bonchev–Trinajstić information content (AvgIpc) is 3.38. The van der Waals surface area contributed by atoms with Gasteiger partial charge >= 0.3 is 0 Å². The lowest BCUT2D eigenvalue weighted by Crippen LogP contribution is -2.34. The minimum Gasteiger partial charge on any atom is -0.507 e. The Hall–Kier alpha value is -4.07. The standard InChI is InChI=1S/C28H31N5O3/c1-33(2)26-20-7-3-5-9-22(20)31-28(32-26)30-19-13-11-18(12-14-19)17-29-27(35)25-16-15-24(36-25)21-8-4-6-10-23(21)34/h3-10,15-16,18-19,34H,11-14,17H2,1-2H3,(H,29,35)(H,30,31,32). The SMILES string of the molecule is CN(C)c1nc(NC2CCC(CNC(=O)c3ccc(-c4ccccc4O)o3)CC2)nc2ccccc12. The molecule has 1 saturated carbocycles. The van der Waals surface area contributed by atoms with Crippen molar-refractivity contribution in [3.8, 4) is 17.1 Å². The monoisotopic (exact) mass is 485 g/mol. The molecule has 2 aromatic heterocycles. The Kier molecular flexibility index (Phi) is 6.75. The number of phenolic OH excluding ortho intramolecular Hbond substituents is 1. The zero-order chi connectivity index (χ0) is 25.1. The first-order valence-electron chi connectivity index (χ1n) is 12.3. The molecule has 3 N–H and O–H groups in total. The summed E-state index contributed by atoms with van der Waals surface area (Å²) in [7, 11) is 3.99. The molecule has 1 aliphatic rings. The Morgan fingerprint density at radius 3 is 2.53 bits per heavy atom. The third-order valence-electron chi connectivity index (χ3n) is 6.74. The molecule has 0 radical (unpaired) electrons. The Labute approximate surface area is 210 Å². The topological polar surface area (TPSA) is 104 Å². The van der Waals surface area contributed by atoms with Crippen molar-refractivity contribution in [2.24, 2.45) is 5.92 Å². The first-order chi connectivity index (χ1) is 17.5. The highest BCUT2D eigenvalue weighted by Crippen LogP contribution is 2.31. The van der Waals surface area contributed by atoms with E-state index in [1.807, 2.05) is 49.3 Å². The van der Waals surface area contributed by atoms with E-state index in [1.165, 1.54) is 0 Å². The number of benzene rings is 2. The lowest BCUT2D eigenvalue weighted by Gasteiger charge is -2.29. The van der Waals surface area contributed by atoms with Crippen molar-refractivity contribution in [3.05, 3.63) is 66.4 Å². The number of amides is 1. The molecule has 1 aliphatic carbocycles. The largest absolute Gasteiger partial charge is 0.507 e. The fraction of sp³-hybridized carbons (Fsp3) is 0.321. The summed E-state index contributed by atoms with van der Waals surface area (Å²) >= 11 is 0. The quantitative estimate of drug-likeness (QED) is 0.336. The van der Waals surface area contributed by atoms with Gasteiger partial charge in [-0.3, -0.25) is 4.79 Å². The molecule has 0 spiro atoms. The van der Waals surface area contributed by atoms with Gasteiger partial charge in [0, 0.05) is 32.1 Å². The zero-order valence-electron chi connectivity index (χ0n) is 20.6. The number of fused-ring (bicyclic) bond motifs is 1. The second-order valence-electron chi connectivity index (χ2n) is 9.54. The fourth-order valence-electron chi connectivity index (χ4n) is 4.77. The van der Waals surface area contributed by atoms with E-state index in [2.05, 4.69) is 10.6 Å². The Morgan fingerprint density at radius 1 is 1.00 bits per heavy atom. The van der Waals surface area contributed by atoms with Crippen LogP contribution in [0.4, 0.5) is 11.8 Å². The Bertz CT molecular complexity index is 1360. The highest BCUT2D eigenvalue weighted by Gasteiger charge is 2.23. The van der Waals surface area contributed by atoms with Crippen LogP contribution in [0.1, 0.15) is 36.2 Å². The summed E-state index contributed by atoms with van der Waals surface area (Å²) < 4.78 is 5.69. The summed E-state index contributed by atoms with van der Waals surface area (Å²) in [5, 5.41) is 17.6. The molecule has 2 heterocycles. The molecular weight excluding hydrogens is 454 g/mol. The van der Waals surface area contributed by atoms with Crippen molar-refractivity contribution in [2.75, 3.05) is 30.9 Å².